The zero-order chi connectivity index (χ0) is 16.2. The molecule has 5 nitrogen and oxygen atoms in total. The van der Waals surface area contributed by atoms with Crippen molar-refractivity contribution in [1.82, 2.24) is 10.3 Å². The molecule has 1 amide bonds. The molecule has 0 saturated carbocycles. The van der Waals surface area contributed by atoms with Gasteiger partial charge in [-0.25, -0.2) is 0 Å². The molecule has 23 heavy (non-hydrogen) atoms. The Bertz CT molecular complexity index is 761. The number of H-pyrrole nitrogens is 1. The maximum Gasteiger partial charge on any atom is 0.261 e. The van der Waals surface area contributed by atoms with Crippen LogP contribution in [0, 0.1) is 6.92 Å². The lowest BCUT2D eigenvalue weighted by molar-refractivity contribution is 0.0856. The first-order chi connectivity index (χ1) is 11.1. The highest BCUT2D eigenvalue weighted by Crippen LogP contribution is 2.17. The number of benzene rings is 1. The van der Waals surface area contributed by atoms with Gasteiger partial charge in [-0.1, -0.05) is 23.8 Å². The Morgan fingerprint density at radius 1 is 1.35 bits per heavy atom. The fraction of sp³-hybridized carbons (Fsp3) is 0.333. The van der Waals surface area contributed by atoms with E-state index in [2.05, 4.69) is 10.3 Å². The van der Waals surface area contributed by atoms with Crippen molar-refractivity contribution in [2.24, 2.45) is 0 Å². The van der Waals surface area contributed by atoms with Crippen LogP contribution in [0.2, 0.25) is 0 Å². The number of ether oxygens (including phenoxy) is 1. The van der Waals surface area contributed by atoms with Gasteiger partial charge in [0.1, 0.15) is 5.56 Å². The van der Waals surface area contributed by atoms with Crippen LogP contribution in [-0.4, -0.2) is 30.1 Å². The van der Waals surface area contributed by atoms with Crippen LogP contribution < -0.4 is 10.9 Å². The van der Waals surface area contributed by atoms with Gasteiger partial charge < -0.3 is 15.0 Å². The minimum Gasteiger partial charge on any atom is -0.376 e. The van der Waals surface area contributed by atoms with Crippen LogP contribution in [0.5, 0.6) is 0 Å². The first kappa shape index (κ1) is 15.5. The fourth-order valence-corrected chi connectivity index (χ4v) is 2.74. The summed E-state index contributed by atoms with van der Waals surface area (Å²) in [5.41, 5.74) is 2.48. The van der Waals surface area contributed by atoms with Crippen LogP contribution in [0.25, 0.3) is 11.3 Å². The minimum absolute atomic E-state index is 0.0598. The summed E-state index contributed by atoms with van der Waals surface area (Å²) in [6.07, 6.45) is 2.03. The maximum absolute atomic E-state index is 12.2. The Kier molecular flexibility index (Phi) is 4.57. The summed E-state index contributed by atoms with van der Waals surface area (Å²) in [5, 5.41) is 2.77. The number of hydrogen-bond acceptors (Lipinski definition) is 3. The summed E-state index contributed by atoms with van der Waals surface area (Å²) in [6, 6.07) is 11.2. The summed E-state index contributed by atoms with van der Waals surface area (Å²) in [7, 11) is 0. The quantitative estimate of drug-likeness (QED) is 0.909. The Labute approximate surface area is 134 Å². The molecular weight excluding hydrogens is 292 g/mol. The van der Waals surface area contributed by atoms with Crippen molar-refractivity contribution in [2.75, 3.05) is 13.2 Å². The van der Waals surface area contributed by atoms with E-state index in [-0.39, 0.29) is 23.1 Å². The second kappa shape index (κ2) is 6.79. The molecular formula is C18H20N2O3. The average Bonchev–Trinajstić information content (AvgIpc) is 3.06. The van der Waals surface area contributed by atoms with Crippen molar-refractivity contribution < 1.29 is 9.53 Å². The van der Waals surface area contributed by atoms with Crippen LogP contribution in [0.1, 0.15) is 28.8 Å². The van der Waals surface area contributed by atoms with Crippen molar-refractivity contribution in [3.63, 3.8) is 0 Å². The molecule has 0 spiro atoms. The van der Waals surface area contributed by atoms with Crippen molar-refractivity contribution in [1.29, 1.82) is 0 Å². The minimum atomic E-state index is -0.381. The molecule has 2 heterocycles. The smallest absolute Gasteiger partial charge is 0.261 e. The summed E-state index contributed by atoms with van der Waals surface area (Å²) < 4.78 is 5.46. The fourth-order valence-electron chi connectivity index (χ4n) is 2.74. The van der Waals surface area contributed by atoms with Crippen molar-refractivity contribution >= 4 is 5.91 Å². The standard InChI is InChI=1S/C18H20N2O3/c1-12-4-2-5-13(10-12)16-8-7-15(18(22)20-16)17(21)19-11-14-6-3-9-23-14/h2,4-5,7-8,10,14H,3,6,9,11H2,1H3,(H,19,21)(H,20,22). The lowest BCUT2D eigenvalue weighted by Crippen LogP contribution is -2.35. The maximum atomic E-state index is 12.2. The molecule has 1 aromatic carbocycles. The first-order valence-electron chi connectivity index (χ1n) is 7.83. The number of carbonyl (C=O) groups excluding carboxylic acids is 1. The van der Waals surface area contributed by atoms with Gasteiger partial charge in [-0.3, -0.25) is 9.59 Å². The van der Waals surface area contributed by atoms with E-state index < -0.39 is 0 Å². The SMILES string of the molecule is Cc1cccc(-c2ccc(C(=O)NCC3CCCO3)c(=O)[nH]2)c1. The number of rotatable bonds is 4. The molecule has 2 aromatic rings. The highest BCUT2D eigenvalue weighted by Gasteiger charge is 2.18. The van der Waals surface area contributed by atoms with Gasteiger partial charge in [0.15, 0.2) is 0 Å². The molecule has 1 aliphatic rings. The van der Waals surface area contributed by atoms with E-state index in [1.165, 1.54) is 0 Å². The van der Waals surface area contributed by atoms with Crippen LogP contribution in [0.3, 0.4) is 0 Å². The molecule has 3 rings (SSSR count). The van der Waals surface area contributed by atoms with E-state index in [9.17, 15) is 9.59 Å². The number of nitrogens with one attached hydrogen (secondary N) is 2. The molecule has 1 saturated heterocycles. The number of aromatic nitrogens is 1. The van der Waals surface area contributed by atoms with Gasteiger partial charge in [0, 0.05) is 18.8 Å². The highest BCUT2D eigenvalue weighted by molar-refractivity contribution is 5.94. The predicted molar refractivity (Wildman–Crippen MR) is 88.5 cm³/mol. The topological polar surface area (TPSA) is 71.2 Å². The summed E-state index contributed by atoms with van der Waals surface area (Å²) in [5.74, 6) is -0.363. The van der Waals surface area contributed by atoms with Crippen molar-refractivity contribution in [3.8, 4) is 11.3 Å². The van der Waals surface area contributed by atoms with Crippen LogP contribution in [0.4, 0.5) is 0 Å². The van der Waals surface area contributed by atoms with Crippen molar-refractivity contribution in [2.45, 2.75) is 25.9 Å². The Morgan fingerprint density at radius 3 is 2.91 bits per heavy atom. The number of amides is 1. The number of hydrogen-bond donors (Lipinski definition) is 2. The van der Waals surface area contributed by atoms with Gasteiger partial charge in [-0.05, 0) is 43.5 Å². The van der Waals surface area contributed by atoms with E-state index >= 15 is 0 Å². The number of carbonyl (C=O) groups is 1. The lowest BCUT2D eigenvalue weighted by atomic mass is 10.1. The molecule has 1 atom stereocenters. The zero-order valence-electron chi connectivity index (χ0n) is 13.1. The molecule has 2 N–H and O–H groups in total. The van der Waals surface area contributed by atoms with Gasteiger partial charge in [0.25, 0.3) is 11.5 Å². The Morgan fingerprint density at radius 2 is 2.22 bits per heavy atom. The molecule has 0 bridgehead atoms. The van der Waals surface area contributed by atoms with E-state index in [1.54, 1.807) is 12.1 Å². The van der Waals surface area contributed by atoms with E-state index in [1.807, 2.05) is 31.2 Å². The largest absolute Gasteiger partial charge is 0.376 e. The molecule has 1 aromatic heterocycles. The second-order valence-corrected chi connectivity index (χ2v) is 5.83. The molecule has 0 aliphatic carbocycles. The van der Waals surface area contributed by atoms with Gasteiger partial charge in [-0.2, -0.15) is 0 Å². The lowest BCUT2D eigenvalue weighted by Gasteiger charge is -2.10. The van der Waals surface area contributed by atoms with Gasteiger partial charge in [-0.15, -0.1) is 0 Å². The van der Waals surface area contributed by atoms with Crippen LogP contribution in [-0.2, 0) is 4.74 Å². The third-order valence-corrected chi connectivity index (χ3v) is 4.00. The molecule has 5 heteroatoms. The second-order valence-electron chi connectivity index (χ2n) is 5.83. The molecule has 120 valence electrons. The summed E-state index contributed by atoms with van der Waals surface area (Å²) >= 11 is 0. The van der Waals surface area contributed by atoms with Crippen LogP contribution in [0.15, 0.2) is 41.2 Å². The predicted octanol–water partition coefficient (Wildman–Crippen LogP) is 2.26. The van der Waals surface area contributed by atoms with Crippen LogP contribution >= 0.6 is 0 Å². The molecule has 0 radical (unpaired) electrons. The first-order valence-corrected chi connectivity index (χ1v) is 7.83. The van der Waals surface area contributed by atoms with E-state index in [0.29, 0.717) is 12.2 Å². The number of pyridine rings is 1. The Hall–Kier alpha value is -2.40. The zero-order valence-corrected chi connectivity index (χ0v) is 13.1. The molecule has 1 aliphatic heterocycles. The Balaban J connectivity index is 1.73. The summed E-state index contributed by atoms with van der Waals surface area (Å²) in [6.45, 7) is 3.18. The van der Waals surface area contributed by atoms with E-state index in [4.69, 9.17) is 4.74 Å². The average molecular weight is 312 g/mol. The molecule has 1 unspecified atom stereocenters. The van der Waals surface area contributed by atoms with Gasteiger partial charge in [0.2, 0.25) is 0 Å². The van der Waals surface area contributed by atoms with Gasteiger partial charge >= 0.3 is 0 Å². The third kappa shape index (κ3) is 3.68. The number of aryl methyl sites for hydroxylation is 1. The van der Waals surface area contributed by atoms with E-state index in [0.717, 1.165) is 30.6 Å². The van der Waals surface area contributed by atoms with Crippen molar-refractivity contribution in [3.05, 3.63) is 57.9 Å². The highest BCUT2D eigenvalue weighted by atomic mass is 16.5. The monoisotopic (exact) mass is 312 g/mol. The summed E-state index contributed by atoms with van der Waals surface area (Å²) in [4.78, 5) is 27.1. The normalized spacial score (nSPS) is 17.2. The number of aromatic amines is 1. The van der Waals surface area contributed by atoms with Gasteiger partial charge in [0.05, 0.1) is 6.10 Å². The third-order valence-electron chi connectivity index (χ3n) is 4.00. The molecule has 1 fully saturated rings.